The average molecular weight is 298 g/mol. The van der Waals surface area contributed by atoms with Crippen LogP contribution in [0, 0.1) is 5.92 Å². The minimum absolute atomic E-state index is 0.0344. The number of esters is 1. The lowest BCUT2D eigenvalue weighted by atomic mass is 9.84. The fourth-order valence-electron chi connectivity index (χ4n) is 3.70. The van der Waals surface area contributed by atoms with Gasteiger partial charge in [-0.05, 0) is 64.7 Å². The van der Waals surface area contributed by atoms with E-state index in [4.69, 9.17) is 4.74 Å². The van der Waals surface area contributed by atoms with Gasteiger partial charge in [0.2, 0.25) is 0 Å². The minimum Gasteiger partial charge on any atom is -0.465 e. The molecular weight excluding hydrogens is 264 g/mol. The van der Waals surface area contributed by atoms with Crippen LogP contribution in [0.3, 0.4) is 0 Å². The van der Waals surface area contributed by atoms with Crippen molar-refractivity contribution in [2.75, 3.05) is 32.8 Å². The molecule has 0 amide bonds. The van der Waals surface area contributed by atoms with Crippen molar-refractivity contribution >= 4 is 5.97 Å². The summed E-state index contributed by atoms with van der Waals surface area (Å²) >= 11 is 0. The standard InChI is InChI=1S/C17H34N2O2/c1-5-13-19(7-3)14-11-15-10-9-12-17(15,18-6-2)16(20)21-8-4/h15,18H,5-14H2,1-4H3. The van der Waals surface area contributed by atoms with Crippen LogP contribution in [-0.2, 0) is 9.53 Å². The Morgan fingerprint density at radius 3 is 2.62 bits per heavy atom. The Hall–Kier alpha value is -0.610. The fraction of sp³-hybridized carbons (Fsp3) is 0.941. The molecule has 4 heteroatoms. The van der Waals surface area contributed by atoms with Gasteiger partial charge < -0.3 is 15.0 Å². The van der Waals surface area contributed by atoms with Gasteiger partial charge in [0.15, 0.2) is 0 Å². The summed E-state index contributed by atoms with van der Waals surface area (Å²) in [4.78, 5) is 15.0. The van der Waals surface area contributed by atoms with Crippen LogP contribution in [0.2, 0.25) is 0 Å². The second-order valence-electron chi connectivity index (χ2n) is 6.03. The van der Waals surface area contributed by atoms with E-state index in [0.717, 1.165) is 51.9 Å². The molecule has 2 unspecified atom stereocenters. The molecule has 1 saturated carbocycles. The van der Waals surface area contributed by atoms with Crippen LogP contribution < -0.4 is 5.32 Å². The van der Waals surface area contributed by atoms with Gasteiger partial charge in [0.25, 0.3) is 0 Å². The smallest absolute Gasteiger partial charge is 0.326 e. The highest BCUT2D eigenvalue weighted by Gasteiger charge is 2.49. The van der Waals surface area contributed by atoms with Crippen molar-refractivity contribution in [3.05, 3.63) is 0 Å². The average Bonchev–Trinajstić information content (AvgIpc) is 2.88. The maximum absolute atomic E-state index is 12.5. The van der Waals surface area contributed by atoms with E-state index < -0.39 is 5.54 Å². The first-order valence-electron chi connectivity index (χ1n) is 8.79. The van der Waals surface area contributed by atoms with E-state index in [2.05, 4.69) is 31.0 Å². The van der Waals surface area contributed by atoms with E-state index in [0.29, 0.717) is 12.5 Å². The Morgan fingerprint density at radius 2 is 2.05 bits per heavy atom. The van der Waals surface area contributed by atoms with Crippen molar-refractivity contribution in [1.82, 2.24) is 10.2 Å². The summed E-state index contributed by atoms with van der Waals surface area (Å²) < 4.78 is 5.38. The Labute approximate surface area is 130 Å². The molecule has 0 aliphatic heterocycles. The van der Waals surface area contributed by atoms with Gasteiger partial charge in [0.1, 0.15) is 5.54 Å². The number of likely N-dealkylation sites (N-methyl/N-ethyl adjacent to an activating group) is 1. The Bertz CT molecular complexity index is 309. The molecular formula is C17H34N2O2. The molecule has 0 bridgehead atoms. The monoisotopic (exact) mass is 298 g/mol. The highest BCUT2D eigenvalue weighted by atomic mass is 16.5. The topological polar surface area (TPSA) is 41.6 Å². The fourth-order valence-corrected chi connectivity index (χ4v) is 3.70. The molecule has 1 rings (SSSR count). The summed E-state index contributed by atoms with van der Waals surface area (Å²) in [6, 6.07) is 0. The van der Waals surface area contributed by atoms with E-state index in [1.807, 2.05) is 6.92 Å². The zero-order valence-corrected chi connectivity index (χ0v) is 14.4. The first-order chi connectivity index (χ1) is 10.1. The summed E-state index contributed by atoms with van der Waals surface area (Å²) in [6.07, 6.45) is 5.45. The van der Waals surface area contributed by atoms with Gasteiger partial charge in [-0.2, -0.15) is 0 Å². The van der Waals surface area contributed by atoms with Crippen molar-refractivity contribution in [2.45, 2.75) is 65.3 Å². The number of ether oxygens (including phenoxy) is 1. The summed E-state index contributed by atoms with van der Waals surface area (Å²) in [5, 5.41) is 3.47. The maximum atomic E-state index is 12.5. The summed E-state index contributed by atoms with van der Waals surface area (Å²) in [7, 11) is 0. The van der Waals surface area contributed by atoms with Gasteiger partial charge in [-0.1, -0.05) is 27.2 Å². The van der Waals surface area contributed by atoms with Crippen LogP contribution in [0.1, 0.15) is 59.8 Å². The van der Waals surface area contributed by atoms with E-state index in [-0.39, 0.29) is 5.97 Å². The number of hydrogen-bond donors (Lipinski definition) is 1. The Balaban J connectivity index is 2.70. The number of carbonyl (C=O) groups excluding carboxylic acids is 1. The van der Waals surface area contributed by atoms with E-state index in [1.54, 1.807) is 0 Å². The third kappa shape index (κ3) is 4.68. The second kappa shape index (κ2) is 9.42. The molecule has 124 valence electrons. The van der Waals surface area contributed by atoms with Gasteiger partial charge in [-0.15, -0.1) is 0 Å². The van der Waals surface area contributed by atoms with Crippen LogP contribution in [0.4, 0.5) is 0 Å². The molecule has 0 saturated heterocycles. The summed E-state index contributed by atoms with van der Waals surface area (Å²) in [5.74, 6) is 0.371. The lowest BCUT2D eigenvalue weighted by molar-refractivity contribution is -0.153. The summed E-state index contributed by atoms with van der Waals surface area (Å²) in [6.45, 7) is 13.0. The molecule has 0 aromatic carbocycles. The molecule has 1 aliphatic carbocycles. The third-order valence-electron chi connectivity index (χ3n) is 4.73. The van der Waals surface area contributed by atoms with Crippen molar-refractivity contribution < 1.29 is 9.53 Å². The van der Waals surface area contributed by atoms with Crippen molar-refractivity contribution in [3.8, 4) is 0 Å². The quantitative estimate of drug-likeness (QED) is 0.630. The molecule has 0 spiro atoms. The Morgan fingerprint density at radius 1 is 1.29 bits per heavy atom. The SMILES string of the molecule is CCCN(CC)CCC1CCCC1(NCC)C(=O)OCC. The van der Waals surface area contributed by atoms with Crippen LogP contribution in [0.15, 0.2) is 0 Å². The number of hydrogen-bond acceptors (Lipinski definition) is 4. The van der Waals surface area contributed by atoms with E-state index in [9.17, 15) is 4.79 Å². The van der Waals surface area contributed by atoms with Crippen molar-refractivity contribution in [3.63, 3.8) is 0 Å². The van der Waals surface area contributed by atoms with Gasteiger partial charge in [-0.3, -0.25) is 4.79 Å². The van der Waals surface area contributed by atoms with Gasteiger partial charge >= 0.3 is 5.97 Å². The molecule has 1 N–H and O–H groups in total. The lowest BCUT2D eigenvalue weighted by Crippen LogP contribution is -2.56. The molecule has 1 fully saturated rings. The van der Waals surface area contributed by atoms with Gasteiger partial charge in [0, 0.05) is 0 Å². The molecule has 0 radical (unpaired) electrons. The lowest BCUT2D eigenvalue weighted by Gasteiger charge is -2.35. The highest BCUT2D eigenvalue weighted by Crippen LogP contribution is 2.39. The van der Waals surface area contributed by atoms with Crippen LogP contribution >= 0.6 is 0 Å². The third-order valence-corrected chi connectivity index (χ3v) is 4.73. The van der Waals surface area contributed by atoms with Crippen LogP contribution in [0.25, 0.3) is 0 Å². The van der Waals surface area contributed by atoms with E-state index >= 15 is 0 Å². The molecule has 4 nitrogen and oxygen atoms in total. The zero-order chi connectivity index (χ0) is 15.7. The summed E-state index contributed by atoms with van der Waals surface area (Å²) in [5.41, 5.74) is -0.434. The number of carbonyl (C=O) groups is 1. The molecule has 0 heterocycles. The predicted molar refractivity (Wildman–Crippen MR) is 87.4 cm³/mol. The largest absolute Gasteiger partial charge is 0.465 e. The number of nitrogens with zero attached hydrogens (tertiary/aromatic N) is 1. The Kier molecular flexibility index (Phi) is 8.27. The molecule has 0 aromatic heterocycles. The first kappa shape index (κ1) is 18.4. The number of nitrogens with one attached hydrogen (secondary N) is 1. The van der Waals surface area contributed by atoms with Gasteiger partial charge in [-0.25, -0.2) is 0 Å². The first-order valence-corrected chi connectivity index (χ1v) is 8.79. The van der Waals surface area contributed by atoms with Gasteiger partial charge in [0.05, 0.1) is 6.61 Å². The van der Waals surface area contributed by atoms with Crippen LogP contribution in [-0.4, -0.2) is 49.2 Å². The molecule has 21 heavy (non-hydrogen) atoms. The predicted octanol–water partition coefficient (Wildman–Crippen LogP) is 2.82. The molecule has 0 aromatic rings. The maximum Gasteiger partial charge on any atom is 0.326 e. The highest BCUT2D eigenvalue weighted by molar-refractivity contribution is 5.81. The van der Waals surface area contributed by atoms with Crippen molar-refractivity contribution in [2.24, 2.45) is 5.92 Å². The van der Waals surface area contributed by atoms with Crippen molar-refractivity contribution in [1.29, 1.82) is 0 Å². The normalized spacial score (nSPS) is 25.5. The van der Waals surface area contributed by atoms with Crippen LogP contribution in [0.5, 0.6) is 0 Å². The number of rotatable bonds is 10. The zero-order valence-electron chi connectivity index (χ0n) is 14.4. The molecule has 1 aliphatic rings. The minimum atomic E-state index is -0.434. The molecule has 2 atom stereocenters. The second-order valence-corrected chi connectivity index (χ2v) is 6.03. The van der Waals surface area contributed by atoms with E-state index in [1.165, 1.54) is 6.42 Å².